The summed E-state index contributed by atoms with van der Waals surface area (Å²) in [6, 6.07) is 4.01. The van der Waals surface area contributed by atoms with Crippen molar-refractivity contribution in [3.8, 4) is 0 Å². The normalized spacial score (nSPS) is 12.8. The van der Waals surface area contributed by atoms with Gasteiger partial charge in [0, 0.05) is 18.5 Å². The average Bonchev–Trinajstić information content (AvgIpc) is 2.75. The maximum atomic E-state index is 11.6. The number of hydrogen-bond acceptors (Lipinski definition) is 3. The van der Waals surface area contributed by atoms with Crippen molar-refractivity contribution in [3.05, 3.63) is 22.4 Å². The molecule has 4 heteroatoms. The topological polar surface area (TPSA) is 41.1 Å². The Balaban J connectivity index is 2.46. The molecule has 0 radical (unpaired) electrons. The minimum atomic E-state index is -0.0906. The van der Waals surface area contributed by atoms with Gasteiger partial charge in [-0.1, -0.05) is 19.9 Å². The summed E-state index contributed by atoms with van der Waals surface area (Å²) in [6.45, 7) is 5.02. The van der Waals surface area contributed by atoms with E-state index < -0.39 is 0 Å². The molecule has 16 heavy (non-hydrogen) atoms. The smallest absolute Gasteiger partial charge is 0.236 e. The van der Waals surface area contributed by atoms with Crippen molar-refractivity contribution in [1.82, 2.24) is 10.6 Å². The van der Waals surface area contributed by atoms with E-state index in [0.717, 1.165) is 13.0 Å². The molecule has 1 rings (SSSR count). The number of rotatable bonds is 6. The minimum absolute atomic E-state index is 0.0743. The Morgan fingerprint density at radius 3 is 2.75 bits per heavy atom. The van der Waals surface area contributed by atoms with Gasteiger partial charge in [-0.2, -0.15) is 0 Å². The Labute approximate surface area is 101 Å². The molecule has 0 bridgehead atoms. The molecule has 0 aliphatic carbocycles. The van der Waals surface area contributed by atoms with Crippen LogP contribution in [-0.2, 0) is 11.3 Å². The van der Waals surface area contributed by atoms with Crippen LogP contribution in [0.1, 0.15) is 25.1 Å². The van der Waals surface area contributed by atoms with Crippen LogP contribution in [0.5, 0.6) is 0 Å². The number of nitrogens with one attached hydrogen (secondary N) is 2. The lowest BCUT2D eigenvalue weighted by molar-refractivity contribution is -0.123. The molecule has 0 spiro atoms. The standard InChI is InChI=1S/C12H20N2OS/c1-9(2)7-11(12(15)13-3)14-8-10-5-4-6-16-10/h4-6,9,11,14H,7-8H2,1-3H3,(H,13,15). The largest absolute Gasteiger partial charge is 0.358 e. The van der Waals surface area contributed by atoms with Crippen LogP contribution in [-0.4, -0.2) is 19.0 Å². The first-order valence-electron chi connectivity index (χ1n) is 5.60. The van der Waals surface area contributed by atoms with Gasteiger partial charge in [0.05, 0.1) is 6.04 Å². The zero-order valence-electron chi connectivity index (χ0n) is 10.1. The highest BCUT2D eigenvalue weighted by atomic mass is 32.1. The van der Waals surface area contributed by atoms with Gasteiger partial charge >= 0.3 is 0 Å². The zero-order chi connectivity index (χ0) is 12.0. The fourth-order valence-corrected chi connectivity index (χ4v) is 2.22. The number of thiophene rings is 1. The maximum Gasteiger partial charge on any atom is 0.236 e. The summed E-state index contributed by atoms with van der Waals surface area (Å²) < 4.78 is 0. The summed E-state index contributed by atoms with van der Waals surface area (Å²) in [7, 11) is 1.68. The molecule has 0 saturated carbocycles. The number of likely N-dealkylation sites (N-methyl/N-ethyl adjacent to an activating group) is 1. The summed E-state index contributed by atoms with van der Waals surface area (Å²) in [4.78, 5) is 12.9. The van der Waals surface area contributed by atoms with Crippen LogP contribution >= 0.6 is 11.3 Å². The van der Waals surface area contributed by atoms with Gasteiger partial charge < -0.3 is 10.6 Å². The van der Waals surface area contributed by atoms with Gasteiger partial charge in [0.1, 0.15) is 0 Å². The summed E-state index contributed by atoms with van der Waals surface area (Å²) in [5.41, 5.74) is 0. The first-order chi connectivity index (χ1) is 7.63. The second kappa shape index (κ2) is 6.66. The molecule has 1 atom stereocenters. The number of carbonyl (C=O) groups is 1. The Bertz CT molecular complexity index is 309. The Kier molecular flexibility index (Phi) is 5.49. The molecule has 1 heterocycles. The predicted molar refractivity (Wildman–Crippen MR) is 68.5 cm³/mol. The fourth-order valence-electron chi connectivity index (χ4n) is 1.57. The third-order valence-electron chi connectivity index (χ3n) is 2.37. The lowest BCUT2D eigenvalue weighted by Crippen LogP contribution is -2.43. The van der Waals surface area contributed by atoms with Crippen LogP contribution in [0.3, 0.4) is 0 Å². The van der Waals surface area contributed by atoms with Crippen LogP contribution < -0.4 is 10.6 Å². The van der Waals surface area contributed by atoms with E-state index in [4.69, 9.17) is 0 Å². The molecule has 0 fully saturated rings. The molecule has 0 aliphatic rings. The molecular weight excluding hydrogens is 220 g/mol. The van der Waals surface area contributed by atoms with Crippen molar-refractivity contribution in [1.29, 1.82) is 0 Å². The molecule has 1 unspecified atom stereocenters. The van der Waals surface area contributed by atoms with Crippen LogP contribution in [0, 0.1) is 5.92 Å². The van der Waals surface area contributed by atoms with Crippen molar-refractivity contribution in [2.75, 3.05) is 7.05 Å². The maximum absolute atomic E-state index is 11.6. The van der Waals surface area contributed by atoms with Gasteiger partial charge in [-0.05, 0) is 23.8 Å². The van der Waals surface area contributed by atoms with Crippen LogP contribution in [0.4, 0.5) is 0 Å². The summed E-state index contributed by atoms with van der Waals surface area (Å²) in [5.74, 6) is 0.586. The molecule has 1 aromatic rings. The molecule has 2 N–H and O–H groups in total. The molecule has 1 aromatic heterocycles. The van der Waals surface area contributed by atoms with Gasteiger partial charge in [0.15, 0.2) is 0 Å². The highest BCUT2D eigenvalue weighted by Gasteiger charge is 2.17. The van der Waals surface area contributed by atoms with Crippen molar-refractivity contribution in [2.45, 2.75) is 32.9 Å². The SMILES string of the molecule is CNC(=O)C(CC(C)C)NCc1cccs1. The monoisotopic (exact) mass is 240 g/mol. The van der Waals surface area contributed by atoms with Gasteiger partial charge in [-0.15, -0.1) is 11.3 Å². The molecule has 90 valence electrons. The van der Waals surface area contributed by atoms with Crippen molar-refractivity contribution >= 4 is 17.2 Å². The predicted octanol–water partition coefficient (Wildman–Crippen LogP) is 2.00. The van der Waals surface area contributed by atoms with Crippen LogP contribution in [0.25, 0.3) is 0 Å². The Morgan fingerprint density at radius 1 is 1.50 bits per heavy atom. The van der Waals surface area contributed by atoms with Gasteiger partial charge in [-0.25, -0.2) is 0 Å². The average molecular weight is 240 g/mol. The number of amides is 1. The van der Waals surface area contributed by atoms with Gasteiger partial charge in [-0.3, -0.25) is 4.79 Å². The molecule has 1 amide bonds. The summed E-state index contributed by atoms with van der Waals surface area (Å²) in [6.07, 6.45) is 0.866. The quantitative estimate of drug-likeness (QED) is 0.798. The fraction of sp³-hybridized carbons (Fsp3) is 0.583. The molecular formula is C12H20N2OS. The zero-order valence-corrected chi connectivity index (χ0v) is 10.9. The first kappa shape index (κ1) is 13.2. The van der Waals surface area contributed by atoms with Gasteiger partial charge in [0.2, 0.25) is 5.91 Å². The van der Waals surface area contributed by atoms with E-state index in [1.807, 2.05) is 11.4 Å². The van der Waals surface area contributed by atoms with E-state index in [0.29, 0.717) is 5.92 Å². The summed E-state index contributed by atoms with van der Waals surface area (Å²) >= 11 is 1.71. The minimum Gasteiger partial charge on any atom is -0.358 e. The van der Waals surface area contributed by atoms with Crippen molar-refractivity contribution in [3.63, 3.8) is 0 Å². The molecule has 0 aromatic carbocycles. The molecule has 0 aliphatic heterocycles. The third kappa shape index (κ3) is 4.33. The highest BCUT2D eigenvalue weighted by molar-refractivity contribution is 7.09. The lowest BCUT2D eigenvalue weighted by Gasteiger charge is -2.18. The van der Waals surface area contributed by atoms with Crippen molar-refractivity contribution in [2.24, 2.45) is 5.92 Å². The third-order valence-corrected chi connectivity index (χ3v) is 3.25. The number of hydrogen-bond donors (Lipinski definition) is 2. The van der Waals surface area contributed by atoms with Gasteiger partial charge in [0.25, 0.3) is 0 Å². The Hall–Kier alpha value is -0.870. The highest BCUT2D eigenvalue weighted by Crippen LogP contribution is 2.10. The van der Waals surface area contributed by atoms with E-state index in [1.54, 1.807) is 18.4 Å². The molecule has 0 saturated heterocycles. The Morgan fingerprint density at radius 2 is 2.25 bits per heavy atom. The van der Waals surface area contributed by atoms with E-state index >= 15 is 0 Å². The van der Waals surface area contributed by atoms with E-state index in [2.05, 4.69) is 30.5 Å². The lowest BCUT2D eigenvalue weighted by atomic mass is 10.0. The summed E-state index contributed by atoms with van der Waals surface area (Å²) in [5, 5.41) is 8.05. The van der Waals surface area contributed by atoms with Crippen LogP contribution in [0.15, 0.2) is 17.5 Å². The second-order valence-corrected chi connectivity index (χ2v) is 5.29. The van der Waals surface area contributed by atoms with E-state index in [1.165, 1.54) is 4.88 Å². The number of carbonyl (C=O) groups excluding carboxylic acids is 1. The van der Waals surface area contributed by atoms with Crippen LogP contribution in [0.2, 0.25) is 0 Å². The molecule has 3 nitrogen and oxygen atoms in total. The van der Waals surface area contributed by atoms with E-state index in [9.17, 15) is 4.79 Å². The first-order valence-corrected chi connectivity index (χ1v) is 6.48. The van der Waals surface area contributed by atoms with E-state index in [-0.39, 0.29) is 11.9 Å². The van der Waals surface area contributed by atoms with Crippen molar-refractivity contribution < 1.29 is 4.79 Å². The second-order valence-electron chi connectivity index (χ2n) is 4.26.